The van der Waals surface area contributed by atoms with Gasteiger partial charge in [0.05, 0.1) is 12.5 Å². The van der Waals surface area contributed by atoms with Crippen molar-refractivity contribution in [1.29, 1.82) is 0 Å². The molecule has 1 atom stereocenters. The van der Waals surface area contributed by atoms with Crippen molar-refractivity contribution in [3.05, 3.63) is 65.5 Å². The molecule has 0 unspecified atom stereocenters. The molecule has 0 fully saturated rings. The minimum Gasteiger partial charge on any atom is -0.484 e. The second kappa shape index (κ2) is 7.75. The number of anilines is 2. The Morgan fingerprint density at radius 2 is 1.93 bits per heavy atom. The number of carbonyl (C=O) groups is 2. The van der Waals surface area contributed by atoms with Crippen LogP contribution in [0.3, 0.4) is 0 Å². The smallest absolute Gasteiger partial charge is 0.262 e. The molecular weight excluding hydrogens is 370 g/mol. The van der Waals surface area contributed by atoms with Gasteiger partial charge in [-0.05, 0) is 54.8 Å². The van der Waals surface area contributed by atoms with Crippen LogP contribution < -0.4 is 15.4 Å². The summed E-state index contributed by atoms with van der Waals surface area (Å²) in [7, 11) is 0. The average molecular weight is 391 g/mol. The van der Waals surface area contributed by atoms with Crippen LogP contribution in [0.2, 0.25) is 0 Å². The summed E-state index contributed by atoms with van der Waals surface area (Å²) in [6.07, 6.45) is 1.70. The number of rotatable bonds is 5. The average Bonchev–Trinajstić information content (AvgIpc) is 3.13. The molecule has 0 saturated heterocycles. The number of ether oxygens (including phenoxy) is 1. The molecule has 8 heteroatoms. The van der Waals surface area contributed by atoms with Crippen LogP contribution in [-0.4, -0.2) is 33.2 Å². The van der Waals surface area contributed by atoms with E-state index in [0.29, 0.717) is 11.7 Å². The minimum absolute atomic E-state index is 0.0919. The van der Waals surface area contributed by atoms with Gasteiger partial charge in [0.25, 0.3) is 5.91 Å². The predicted molar refractivity (Wildman–Crippen MR) is 108 cm³/mol. The molecule has 148 valence electrons. The lowest BCUT2D eigenvalue weighted by Crippen LogP contribution is -2.29. The highest BCUT2D eigenvalue weighted by Gasteiger charge is 2.27. The van der Waals surface area contributed by atoms with Gasteiger partial charge in [-0.2, -0.15) is 10.1 Å². The Balaban J connectivity index is 1.38. The van der Waals surface area contributed by atoms with Crippen LogP contribution in [-0.2, 0) is 9.59 Å². The summed E-state index contributed by atoms with van der Waals surface area (Å²) < 4.78 is 7.28. The van der Waals surface area contributed by atoms with Crippen molar-refractivity contribution in [3.63, 3.8) is 0 Å². The number of carbonyl (C=O) groups excluding carboxylic acids is 2. The van der Waals surface area contributed by atoms with Crippen LogP contribution in [0.15, 0.2) is 48.8 Å². The van der Waals surface area contributed by atoms with Gasteiger partial charge in [0.2, 0.25) is 11.9 Å². The summed E-state index contributed by atoms with van der Waals surface area (Å²) in [5.74, 6) is 0.687. The Morgan fingerprint density at radius 3 is 2.66 bits per heavy atom. The fourth-order valence-electron chi connectivity index (χ4n) is 3.44. The quantitative estimate of drug-likeness (QED) is 0.697. The van der Waals surface area contributed by atoms with Gasteiger partial charge in [0, 0.05) is 5.69 Å². The van der Waals surface area contributed by atoms with Gasteiger partial charge in [-0.1, -0.05) is 18.2 Å². The van der Waals surface area contributed by atoms with E-state index in [4.69, 9.17) is 4.74 Å². The normalized spacial score (nSPS) is 15.4. The van der Waals surface area contributed by atoms with Crippen molar-refractivity contribution in [1.82, 2.24) is 14.8 Å². The van der Waals surface area contributed by atoms with Gasteiger partial charge in [-0.3, -0.25) is 14.9 Å². The molecule has 3 aromatic rings. The fourth-order valence-corrected chi connectivity index (χ4v) is 3.44. The lowest BCUT2D eigenvalue weighted by atomic mass is 10.0. The summed E-state index contributed by atoms with van der Waals surface area (Å²) in [5, 5.41) is 9.72. The number of aryl methyl sites for hydroxylation is 2. The minimum atomic E-state index is -0.227. The van der Waals surface area contributed by atoms with Gasteiger partial charge in [-0.15, -0.1) is 0 Å². The first kappa shape index (κ1) is 18.7. The Morgan fingerprint density at radius 1 is 1.21 bits per heavy atom. The number of hydrogen-bond donors (Lipinski definition) is 2. The van der Waals surface area contributed by atoms with E-state index in [9.17, 15) is 9.59 Å². The molecule has 0 bridgehead atoms. The maximum Gasteiger partial charge on any atom is 0.262 e. The van der Waals surface area contributed by atoms with Crippen LogP contribution in [0.5, 0.6) is 5.75 Å². The highest BCUT2D eigenvalue weighted by molar-refractivity contribution is 5.92. The second-order valence-electron chi connectivity index (χ2n) is 7.08. The third-order valence-corrected chi connectivity index (χ3v) is 4.64. The third kappa shape index (κ3) is 4.26. The number of amides is 2. The highest BCUT2D eigenvalue weighted by atomic mass is 16.5. The SMILES string of the molecule is Cc1cc(C)cc(NC(=O)COc2ccc([C@H]3CC(=O)Nc4ncnn43)cc2)c1. The van der Waals surface area contributed by atoms with Crippen LogP contribution in [0, 0.1) is 13.8 Å². The molecule has 2 heterocycles. The van der Waals surface area contributed by atoms with Crippen LogP contribution in [0.25, 0.3) is 0 Å². The van der Waals surface area contributed by atoms with Crippen LogP contribution in [0.4, 0.5) is 11.6 Å². The highest BCUT2D eigenvalue weighted by Crippen LogP contribution is 2.29. The van der Waals surface area contributed by atoms with Gasteiger partial charge < -0.3 is 10.1 Å². The van der Waals surface area contributed by atoms with E-state index >= 15 is 0 Å². The largest absolute Gasteiger partial charge is 0.484 e. The first-order valence-electron chi connectivity index (χ1n) is 9.28. The maximum absolute atomic E-state index is 12.2. The number of aromatic nitrogens is 3. The fraction of sp³-hybridized carbons (Fsp3) is 0.238. The molecule has 2 N–H and O–H groups in total. The summed E-state index contributed by atoms with van der Waals surface area (Å²) >= 11 is 0. The number of hydrogen-bond acceptors (Lipinski definition) is 5. The van der Waals surface area contributed by atoms with Crippen molar-refractivity contribution in [2.45, 2.75) is 26.3 Å². The Kier molecular flexibility index (Phi) is 4.99. The first-order chi connectivity index (χ1) is 14.0. The molecule has 8 nitrogen and oxygen atoms in total. The zero-order chi connectivity index (χ0) is 20.4. The zero-order valence-electron chi connectivity index (χ0n) is 16.2. The third-order valence-electron chi connectivity index (χ3n) is 4.64. The molecule has 2 aromatic carbocycles. The monoisotopic (exact) mass is 391 g/mol. The van der Waals surface area contributed by atoms with E-state index in [0.717, 1.165) is 22.4 Å². The van der Waals surface area contributed by atoms with Gasteiger partial charge in [-0.25, -0.2) is 4.68 Å². The lowest BCUT2D eigenvalue weighted by molar-refractivity contribution is -0.118. The molecule has 29 heavy (non-hydrogen) atoms. The first-order valence-corrected chi connectivity index (χ1v) is 9.28. The van der Waals surface area contributed by atoms with E-state index in [1.807, 2.05) is 44.2 Å². The summed E-state index contributed by atoms with van der Waals surface area (Å²) in [6.45, 7) is 3.88. The number of fused-ring (bicyclic) bond motifs is 1. The summed E-state index contributed by atoms with van der Waals surface area (Å²) in [5.41, 5.74) is 3.84. The van der Waals surface area contributed by atoms with Crippen LogP contribution >= 0.6 is 0 Å². The Hall–Kier alpha value is -3.68. The molecule has 4 rings (SSSR count). The molecule has 1 aliphatic rings. The summed E-state index contributed by atoms with van der Waals surface area (Å²) in [6, 6.07) is 13.0. The molecule has 0 saturated carbocycles. The predicted octanol–water partition coefficient (Wildman–Crippen LogP) is 2.84. The van der Waals surface area contributed by atoms with Gasteiger partial charge in [0.1, 0.15) is 12.1 Å². The molecule has 1 aliphatic heterocycles. The molecule has 0 radical (unpaired) electrons. The topological polar surface area (TPSA) is 98.1 Å². The van der Waals surface area contributed by atoms with E-state index in [1.54, 1.807) is 16.8 Å². The molecule has 1 aromatic heterocycles. The van der Waals surface area contributed by atoms with Crippen molar-refractivity contribution in [2.75, 3.05) is 17.2 Å². The van der Waals surface area contributed by atoms with Crippen LogP contribution in [0.1, 0.15) is 29.2 Å². The van der Waals surface area contributed by atoms with Crippen molar-refractivity contribution in [2.24, 2.45) is 0 Å². The number of benzene rings is 2. The van der Waals surface area contributed by atoms with E-state index in [1.165, 1.54) is 6.33 Å². The number of nitrogens with one attached hydrogen (secondary N) is 2. The Bertz CT molecular complexity index is 1040. The van der Waals surface area contributed by atoms with Crippen molar-refractivity contribution >= 4 is 23.5 Å². The van der Waals surface area contributed by atoms with E-state index in [2.05, 4.69) is 20.7 Å². The van der Waals surface area contributed by atoms with Crippen molar-refractivity contribution < 1.29 is 14.3 Å². The van der Waals surface area contributed by atoms with E-state index < -0.39 is 0 Å². The second-order valence-corrected chi connectivity index (χ2v) is 7.08. The molecule has 0 aliphatic carbocycles. The van der Waals surface area contributed by atoms with E-state index in [-0.39, 0.29) is 30.9 Å². The molecule has 0 spiro atoms. The van der Waals surface area contributed by atoms with Gasteiger partial charge >= 0.3 is 0 Å². The Labute approximate surface area is 167 Å². The zero-order valence-corrected chi connectivity index (χ0v) is 16.2. The maximum atomic E-state index is 12.2. The summed E-state index contributed by atoms with van der Waals surface area (Å²) in [4.78, 5) is 28.1. The van der Waals surface area contributed by atoms with Crippen molar-refractivity contribution in [3.8, 4) is 5.75 Å². The van der Waals surface area contributed by atoms with Gasteiger partial charge in [0.15, 0.2) is 6.61 Å². The standard InChI is InChI=1S/C21H21N5O3/c1-13-7-14(2)9-16(8-13)24-20(28)11-29-17-5-3-15(4-6-17)18-10-19(27)25-21-22-12-23-26(18)21/h3-9,12,18H,10-11H2,1-2H3,(H,24,28)(H,22,23,25,27)/t18-/m1/s1. The molecular formula is C21H21N5O3. The lowest BCUT2D eigenvalue weighted by Gasteiger charge is -2.23. The number of nitrogens with zero attached hydrogens (tertiary/aromatic N) is 3. The molecule has 2 amide bonds.